The minimum absolute atomic E-state index is 0.339. The number of carbonyl (C=O) groups is 1. The summed E-state index contributed by atoms with van der Waals surface area (Å²) in [5.41, 5.74) is -2.08. The third-order valence-electron chi connectivity index (χ3n) is 6.18. The summed E-state index contributed by atoms with van der Waals surface area (Å²) in [6.45, 7) is 10.5. The van der Waals surface area contributed by atoms with Gasteiger partial charge in [0.05, 0.1) is 22.3 Å². The van der Waals surface area contributed by atoms with Gasteiger partial charge < -0.3 is 14.2 Å². The number of halogens is 3. The molecule has 0 unspecified atom stereocenters. The van der Waals surface area contributed by atoms with Crippen molar-refractivity contribution in [3.8, 4) is 0 Å². The summed E-state index contributed by atoms with van der Waals surface area (Å²) in [5.74, 6) is -0.111. The van der Waals surface area contributed by atoms with Crippen molar-refractivity contribution in [2.45, 2.75) is 64.8 Å². The maximum Gasteiger partial charge on any atom is 0.494 e. The van der Waals surface area contributed by atoms with Crippen molar-refractivity contribution >= 4 is 18.5 Å². The summed E-state index contributed by atoms with van der Waals surface area (Å²) in [4.78, 5) is 14.5. The van der Waals surface area contributed by atoms with Gasteiger partial charge in [-0.25, -0.2) is 0 Å². The lowest BCUT2D eigenvalue weighted by Crippen LogP contribution is -2.41. The van der Waals surface area contributed by atoms with E-state index < -0.39 is 36.0 Å². The summed E-state index contributed by atoms with van der Waals surface area (Å²) >= 11 is 0. The quantitative estimate of drug-likeness (QED) is 0.712. The molecule has 154 valence electrons. The summed E-state index contributed by atoms with van der Waals surface area (Å²) in [5, 5.41) is 0. The molecular weight excluding hydrogens is 370 g/mol. The number of piperidine rings is 1. The van der Waals surface area contributed by atoms with E-state index in [1.807, 2.05) is 27.7 Å². The van der Waals surface area contributed by atoms with E-state index in [-0.39, 0.29) is 5.56 Å². The smallest absolute Gasteiger partial charge is 0.399 e. The Bertz CT molecular complexity index is 740. The van der Waals surface area contributed by atoms with E-state index in [1.54, 1.807) is 0 Å². The van der Waals surface area contributed by atoms with Crippen LogP contribution in [-0.2, 0) is 15.5 Å². The first-order valence-corrected chi connectivity index (χ1v) is 9.68. The van der Waals surface area contributed by atoms with E-state index in [0.29, 0.717) is 24.5 Å². The lowest BCUT2D eigenvalue weighted by atomic mass is 9.77. The fourth-order valence-electron chi connectivity index (χ4n) is 3.49. The Morgan fingerprint density at radius 1 is 1.11 bits per heavy atom. The third kappa shape index (κ3) is 3.94. The number of carbonyl (C=O) groups excluding carboxylic acids is 1. The molecular formula is C20H27BF3NO3. The van der Waals surface area contributed by atoms with E-state index in [2.05, 4.69) is 6.92 Å². The topological polar surface area (TPSA) is 38.8 Å². The highest BCUT2D eigenvalue weighted by Crippen LogP contribution is 2.37. The second kappa shape index (κ2) is 7.06. The van der Waals surface area contributed by atoms with Crippen molar-refractivity contribution < 1.29 is 27.3 Å². The highest BCUT2D eigenvalue weighted by atomic mass is 19.4. The third-order valence-corrected chi connectivity index (χ3v) is 6.18. The van der Waals surface area contributed by atoms with Crippen LogP contribution in [0.15, 0.2) is 18.2 Å². The van der Waals surface area contributed by atoms with Gasteiger partial charge in [-0.2, -0.15) is 13.2 Å². The number of rotatable bonds is 2. The Morgan fingerprint density at radius 2 is 1.64 bits per heavy atom. The van der Waals surface area contributed by atoms with Gasteiger partial charge in [-0.1, -0.05) is 13.0 Å². The fraction of sp³-hybridized carbons (Fsp3) is 0.650. The monoisotopic (exact) mass is 397 g/mol. The number of alkyl halides is 3. The molecule has 1 amide bonds. The van der Waals surface area contributed by atoms with E-state index in [0.717, 1.165) is 18.9 Å². The Labute approximate surface area is 164 Å². The molecule has 0 N–H and O–H groups in total. The zero-order valence-electron chi connectivity index (χ0n) is 17.0. The van der Waals surface area contributed by atoms with Gasteiger partial charge in [-0.3, -0.25) is 4.79 Å². The molecule has 28 heavy (non-hydrogen) atoms. The van der Waals surface area contributed by atoms with Gasteiger partial charge >= 0.3 is 13.3 Å². The van der Waals surface area contributed by atoms with Crippen LogP contribution in [-0.4, -0.2) is 42.2 Å². The van der Waals surface area contributed by atoms with Gasteiger partial charge in [0.2, 0.25) is 0 Å². The van der Waals surface area contributed by atoms with Gasteiger partial charge in [-0.15, -0.1) is 0 Å². The first-order chi connectivity index (χ1) is 12.8. The van der Waals surface area contributed by atoms with Crippen LogP contribution in [0.2, 0.25) is 0 Å². The maximum absolute atomic E-state index is 13.6. The second-order valence-electron chi connectivity index (χ2n) is 8.87. The largest absolute Gasteiger partial charge is 0.494 e. The highest BCUT2D eigenvalue weighted by Gasteiger charge is 2.52. The molecule has 0 spiro atoms. The van der Waals surface area contributed by atoms with E-state index in [4.69, 9.17) is 9.31 Å². The molecule has 1 aromatic carbocycles. The average Bonchev–Trinajstić information content (AvgIpc) is 2.81. The normalized spacial score (nSPS) is 22.6. The van der Waals surface area contributed by atoms with Crippen LogP contribution >= 0.6 is 0 Å². The van der Waals surface area contributed by atoms with Crippen LogP contribution in [0.5, 0.6) is 0 Å². The van der Waals surface area contributed by atoms with Crippen molar-refractivity contribution in [1.82, 2.24) is 4.90 Å². The molecule has 0 bridgehead atoms. The number of nitrogens with zero attached hydrogens (tertiary/aromatic N) is 1. The van der Waals surface area contributed by atoms with Crippen LogP contribution in [0.25, 0.3) is 0 Å². The number of benzene rings is 1. The number of amides is 1. The van der Waals surface area contributed by atoms with Gasteiger partial charge in [-0.05, 0) is 64.1 Å². The van der Waals surface area contributed by atoms with E-state index in [1.165, 1.54) is 17.0 Å². The zero-order chi connectivity index (χ0) is 20.9. The molecule has 2 aliphatic rings. The Hall–Kier alpha value is -1.54. The summed E-state index contributed by atoms with van der Waals surface area (Å²) in [6.07, 6.45) is -3.02. The molecule has 2 saturated heterocycles. The van der Waals surface area contributed by atoms with Gasteiger partial charge in [0.15, 0.2) is 0 Å². The number of likely N-dealkylation sites (tertiary alicyclic amines) is 1. The Kier molecular flexibility index (Phi) is 5.34. The number of hydrogen-bond donors (Lipinski definition) is 0. The Morgan fingerprint density at radius 3 is 2.14 bits per heavy atom. The zero-order valence-corrected chi connectivity index (χ0v) is 17.0. The van der Waals surface area contributed by atoms with Crippen LogP contribution < -0.4 is 5.46 Å². The minimum atomic E-state index is -4.61. The van der Waals surface area contributed by atoms with E-state index in [9.17, 15) is 18.0 Å². The highest BCUT2D eigenvalue weighted by molar-refractivity contribution is 6.62. The summed E-state index contributed by atoms with van der Waals surface area (Å²) in [7, 11) is -0.819. The molecule has 8 heteroatoms. The van der Waals surface area contributed by atoms with Crippen LogP contribution in [0.1, 0.15) is 63.4 Å². The summed E-state index contributed by atoms with van der Waals surface area (Å²) in [6, 6.07) is 3.57. The van der Waals surface area contributed by atoms with Crippen molar-refractivity contribution in [1.29, 1.82) is 0 Å². The predicted molar refractivity (Wildman–Crippen MR) is 101 cm³/mol. The second-order valence-corrected chi connectivity index (χ2v) is 8.87. The molecule has 0 atom stereocenters. The molecule has 3 rings (SSSR count). The molecule has 2 fully saturated rings. The number of hydrogen-bond acceptors (Lipinski definition) is 3. The molecule has 0 aliphatic carbocycles. The lowest BCUT2D eigenvalue weighted by Gasteiger charge is -2.32. The predicted octanol–water partition coefficient (Wildman–Crippen LogP) is 3.88. The molecule has 2 aliphatic heterocycles. The van der Waals surface area contributed by atoms with Crippen molar-refractivity contribution in [2.24, 2.45) is 5.92 Å². The molecule has 0 aromatic heterocycles. The van der Waals surface area contributed by atoms with Crippen LogP contribution in [0, 0.1) is 5.92 Å². The van der Waals surface area contributed by atoms with Gasteiger partial charge in [0.1, 0.15) is 0 Å². The molecule has 1 aromatic rings. The fourth-order valence-corrected chi connectivity index (χ4v) is 3.49. The summed E-state index contributed by atoms with van der Waals surface area (Å²) < 4.78 is 52.6. The average molecular weight is 397 g/mol. The molecule has 4 nitrogen and oxygen atoms in total. The van der Waals surface area contributed by atoms with Crippen molar-refractivity contribution in [3.63, 3.8) is 0 Å². The van der Waals surface area contributed by atoms with Crippen molar-refractivity contribution in [3.05, 3.63) is 29.3 Å². The SMILES string of the molecule is CC1CCN(C(=O)c2cc(B3OC(C)(C)C(C)(C)O3)ccc2C(F)(F)F)CC1. The molecule has 0 radical (unpaired) electrons. The minimum Gasteiger partial charge on any atom is -0.399 e. The maximum atomic E-state index is 13.6. The molecule has 2 heterocycles. The first-order valence-electron chi connectivity index (χ1n) is 9.68. The van der Waals surface area contributed by atoms with E-state index >= 15 is 0 Å². The Balaban J connectivity index is 1.96. The van der Waals surface area contributed by atoms with Crippen LogP contribution in [0.3, 0.4) is 0 Å². The lowest BCUT2D eigenvalue weighted by molar-refractivity contribution is -0.138. The van der Waals surface area contributed by atoms with Crippen molar-refractivity contribution in [2.75, 3.05) is 13.1 Å². The van der Waals surface area contributed by atoms with Crippen LogP contribution in [0.4, 0.5) is 13.2 Å². The van der Waals surface area contributed by atoms with Gasteiger partial charge in [0.25, 0.3) is 5.91 Å². The standard InChI is InChI=1S/C20H27BF3NO3/c1-13-8-10-25(11-9-13)17(26)15-12-14(6-7-16(15)20(22,23)24)21-27-18(2,3)19(4,5)28-21/h6-7,12-13H,8-11H2,1-5H3. The van der Waals surface area contributed by atoms with Gasteiger partial charge in [0, 0.05) is 13.1 Å². The first kappa shape index (κ1) is 21.2. The molecule has 0 saturated carbocycles.